The van der Waals surface area contributed by atoms with Gasteiger partial charge in [0.05, 0.1) is 5.92 Å². The molecule has 1 aromatic heterocycles. The number of carboxylic acids is 1. The molecule has 34 heavy (non-hydrogen) atoms. The first-order valence-electron chi connectivity index (χ1n) is 10.7. The summed E-state index contributed by atoms with van der Waals surface area (Å²) in [7, 11) is 0. The molecule has 4 N–H and O–H groups in total. The van der Waals surface area contributed by atoms with Gasteiger partial charge < -0.3 is 20.9 Å². The number of carboxylic acid groups (broad SMARTS) is 1. The van der Waals surface area contributed by atoms with E-state index in [-0.39, 0.29) is 22.2 Å². The maximum Gasteiger partial charge on any atom is 0.353 e. The fourth-order valence-corrected chi connectivity index (χ4v) is 4.76. The van der Waals surface area contributed by atoms with Gasteiger partial charge in [0.25, 0.3) is 0 Å². The molecule has 0 spiro atoms. The normalized spacial score (nSPS) is 17.7. The Hall–Kier alpha value is -3.46. The molecule has 2 unspecified atom stereocenters. The third kappa shape index (κ3) is 5.91. The number of esters is 1. The number of ether oxygens (including phenoxy) is 1. The van der Waals surface area contributed by atoms with Gasteiger partial charge in [-0.05, 0) is 55.2 Å². The number of benzene rings is 1. The Morgan fingerprint density at radius 2 is 1.94 bits per heavy atom. The monoisotopic (exact) mass is 486 g/mol. The van der Waals surface area contributed by atoms with E-state index in [2.05, 4.69) is 11.9 Å². The van der Waals surface area contributed by atoms with Gasteiger partial charge in [-0.1, -0.05) is 32.6 Å². The molecule has 180 valence electrons. The maximum absolute atomic E-state index is 14.2. The second-order valence-electron chi connectivity index (χ2n) is 8.85. The van der Waals surface area contributed by atoms with Crippen LogP contribution in [0.3, 0.4) is 0 Å². The molecule has 1 aromatic carbocycles. The van der Waals surface area contributed by atoms with Crippen molar-refractivity contribution in [3.05, 3.63) is 70.2 Å². The Morgan fingerprint density at radius 1 is 1.24 bits per heavy atom. The third-order valence-corrected chi connectivity index (χ3v) is 6.73. The molecule has 0 saturated heterocycles. The molecule has 3 rings (SSSR count). The highest BCUT2D eigenvalue weighted by atomic mass is 32.1. The number of nitrogens with one attached hydrogen (secondary N) is 1. The summed E-state index contributed by atoms with van der Waals surface area (Å²) in [6, 6.07) is 6.78. The van der Waals surface area contributed by atoms with Crippen molar-refractivity contribution >= 4 is 34.9 Å². The van der Waals surface area contributed by atoms with E-state index in [1.54, 1.807) is 26.0 Å². The van der Waals surface area contributed by atoms with Crippen molar-refractivity contribution in [1.82, 2.24) is 5.32 Å². The predicted octanol–water partition coefficient (Wildman–Crippen LogP) is 4.14. The van der Waals surface area contributed by atoms with Crippen LogP contribution in [0, 0.1) is 17.2 Å². The van der Waals surface area contributed by atoms with Crippen molar-refractivity contribution in [2.45, 2.75) is 39.2 Å². The summed E-state index contributed by atoms with van der Waals surface area (Å²) in [6.07, 6.45) is 4.86. The summed E-state index contributed by atoms with van der Waals surface area (Å²) < 4.78 is 19.4. The average molecular weight is 487 g/mol. The van der Waals surface area contributed by atoms with Gasteiger partial charge in [-0.25, -0.2) is 9.18 Å². The summed E-state index contributed by atoms with van der Waals surface area (Å²) >= 11 is 1.15. The molecule has 0 fully saturated rings. The van der Waals surface area contributed by atoms with Crippen molar-refractivity contribution in [2.24, 2.45) is 17.1 Å². The number of amides is 1. The highest BCUT2D eigenvalue weighted by molar-refractivity contribution is 7.14. The topological polar surface area (TPSA) is 119 Å². The molecule has 7 nitrogen and oxygen atoms in total. The molecule has 2 atom stereocenters. The van der Waals surface area contributed by atoms with Gasteiger partial charge in [-0.15, -0.1) is 11.3 Å². The summed E-state index contributed by atoms with van der Waals surface area (Å²) in [6.45, 7) is 7.06. The zero-order valence-corrected chi connectivity index (χ0v) is 19.8. The van der Waals surface area contributed by atoms with Crippen LogP contribution < -0.4 is 15.8 Å². The van der Waals surface area contributed by atoms with E-state index >= 15 is 0 Å². The second-order valence-corrected chi connectivity index (χ2v) is 10.0. The van der Waals surface area contributed by atoms with Crippen molar-refractivity contribution in [2.75, 3.05) is 0 Å². The highest BCUT2D eigenvalue weighted by Gasteiger charge is 2.35. The fourth-order valence-electron chi connectivity index (χ4n) is 3.64. The maximum atomic E-state index is 14.2. The number of carbonyl (C=O) groups is 3. The Bertz CT molecular complexity index is 1150. The van der Waals surface area contributed by atoms with Gasteiger partial charge >= 0.3 is 11.9 Å². The summed E-state index contributed by atoms with van der Waals surface area (Å²) in [4.78, 5) is 37.9. The van der Waals surface area contributed by atoms with E-state index in [4.69, 9.17) is 10.5 Å². The van der Waals surface area contributed by atoms with Crippen LogP contribution in [0.5, 0.6) is 5.75 Å². The van der Waals surface area contributed by atoms with Gasteiger partial charge in [-0.3, -0.25) is 9.59 Å². The summed E-state index contributed by atoms with van der Waals surface area (Å²) in [5, 5.41) is 12.3. The first kappa shape index (κ1) is 25.2. The highest BCUT2D eigenvalue weighted by Crippen LogP contribution is 2.30. The lowest BCUT2D eigenvalue weighted by molar-refractivity contribution is -0.143. The quantitative estimate of drug-likeness (QED) is 0.293. The minimum atomic E-state index is -0.937. The molecule has 0 radical (unpaired) electrons. The third-order valence-electron chi connectivity index (χ3n) is 5.67. The van der Waals surface area contributed by atoms with E-state index in [0.29, 0.717) is 24.8 Å². The van der Waals surface area contributed by atoms with Crippen LogP contribution in [0.2, 0.25) is 0 Å². The van der Waals surface area contributed by atoms with E-state index in [0.717, 1.165) is 22.3 Å². The fraction of sp³-hybridized carbons (Fsp3) is 0.320. The van der Waals surface area contributed by atoms with E-state index in [1.807, 2.05) is 12.2 Å². The summed E-state index contributed by atoms with van der Waals surface area (Å²) in [5.74, 6) is -3.53. The minimum absolute atomic E-state index is 0.199. The standard InChI is InChI=1S/C25H27FN2O5S/c1-14(27)15-8-10-20(18(26)12-15)33-23(31)21-11-9-16(34-21)13-25(2,3)24(32)28-19-7-5-4-6-17(19)22(29)30/h4-5,8-12,17,19H,1,6-7,13,27H2,2-3H3,(H,28,32)(H,29,30). The lowest BCUT2D eigenvalue weighted by Crippen LogP contribution is -2.49. The van der Waals surface area contributed by atoms with Gasteiger partial charge in [0, 0.05) is 22.0 Å². The van der Waals surface area contributed by atoms with Crippen LogP contribution in [0.15, 0.2) is 49.1 Å². The number of hydrogen-bond acceptors (Lipinski definition) is 6. The molecule has 1 aliphatic rings. The van der Waals surface area contributed by atoms with Gasteiger partial charge in [0.1, 0.15) is 4.88 Å². The Balaban J connectivity index is 1.64. The molecular formula is C25H27FN2O5S. The van der Waals surface area contributed by atoms with Gasteiger partial charge in [-0.2, -0.15) is 0 Å². The average Bonchev–Trinajstić information content (AvgIpc) is 3.23. The summed E-state index contributed by atoms with van der Waals surface area (Å²) in [5.41, 5.74) is 5.30. The molecule has 0 aliphatic heterocycles. The largest absolute Gasteiger partial charge is 0.481 e. The molecule has 1 amide bonds. The Morgan fingerprint density at radius 3 is 2.59 bits per heavy atom. The molecule has 2 aromatic rings. The van der Waals surface area contributed by atoms with Gasteiger partial charge in [0.15, 0.2) is 11.6 Å². The molecule has 0 saturated carbocycles. The number of thiophene rings is 1. The molecular weight excluding hydrogens is 459 g/mol. The lowest BCUT2D eigenvalue weighted by atomic mass is 9.84. The van der Waals surface area contributed by atoms with Crippen LogP contribution in [0.4, 0.5) is 4.39 Å². The van der Waals surface area contributed by atoms with Crippen LogP contribution in [0.1, 0.15) is 46.8 Å². The first-order valence-corrected chi connectivity index (χ1v) is 11.5. The number of rotatable bonds is 8. The van der Waals surface area contributed by atoms with Crippen LogP contribution in [0.25, 0.3) is 5.70 Å². The lowest BCUT2D eigenvalue weighted by Gasteiger charge is -2.31. The van der Waals surface area contributed by atoms with E-state index in [9.17, 15) is 23.9 Å². The number of carbonyl (C=O) groups excluding carboxylic acids is 2. The first-order chi connectivity index (χ1) is 16.0. The predicted molar refractivity (Wildman–Crippen MR) is 128 cm³/mol. The second kappa shape index (κ2) is 10.2. The number of allylic oxidation sites excluding steroid dienone is 1. The Kier molecular flexibility index (Phi) is 7.56. The number of nitrogens with two attached hydrogens (primary N) is 1. The molecule has 0 bridgehead atoms. The molecule has 9 heteroatoms. The SMILES string of the molecule is C=C(N)c1ccc(OC(=O)c2ccc(CC(C)(C)C(=O)NC3CC=CCC3C(=O)O)s2)c(F)c1. The molecule has 1 heterocycles. The van der Waals surface area contributed by atoms with Gasteiger partial charge in [0.2, 0.25) is 5.91 Å². The Labute approximate surface area is 201 Å². The number of halogens is 1. The van der Waals surface area contributed by atoms with Crippen LogP contribution >= 0.6 is 11.3 Å². The zero-order chi connectivity index (χ0) is 25.0. The minimum Gasteiger partial charge on any atom is -0.481 e. The van der Waals surface area contributed by atoms with Crippen LogP contribution in [-0.2, 0) is 16.0 Å². The van der Waals surface area contributed by atoms with Crippen LogP contribution in [-0.4, -0.2) is 29.0 Å². The van der Waals surface area contributed by atoms with Crippen molar-refractivity contribution in [3.8, 4) is 5.75 Å². The number of aliphatic carboxylic acids is 1. The number of hydrogen-bond donors (Lipinski definition) is 3. The van der Waals surface area contributed by atoms with Crippen molar-refractivity contribution < 1.29 is 28.6 Å². The van der Waals surface area contributed by atoms with Crippen molar-refractivity contribution in [1.29, 1.82) is 0 Å². The van der Waals surface area contributed by atoms with E-state index in [1.165, 1.54) is 12.1 Å². The zero-order valence-electron chi connectivity index (χ0n) is 19.0. The van der Waals surface area contributed by atoms with Crippen molar-refractivity contribution in [3.63, 3.8) is 0 Å². The smallest absolute Gasteiger partial charge is 0.353 e. The molecule has 1 aliphatic carbocycles. The van der Waals surface area contributed by atoms with E-state index < -0.39 is 35.1 Å².